The number of carboxylic acid groups (broad SMARTS) is 1. The number of hydrogen-bond donors (Lipinski definition) is 1. The fourth-order valence-electron chi connectivity index (χ4n) is 4.47. The van der Waals surface area contributed by atoms with Crippen molar-refractivity contribution in [3.63, 3.8) is 0 Å². The van der Waals surface area contributed by atoms with E-state index < -0.39 is 11.9 Å². The number of aliphatic carboxylic acids is 1. The molecule has 7 heteroatoms. The van der Waals surface area contributed by atoms with Crippen molar-refractivity contribution in [1.29, 1.82) is 0 Å². The minimum Gasteiger partial charge on any atom is -0.481 e. The van der Waals surface area contributed by atoms with Crippen LogP contribution >= 0.6 is 0 Å². The third-order valence-electron chi connectivity index (χ3n) is 5.46. The number of fused-ring (bicyclic) bond motifs is 2. The molecule has 7 nitrogen and oxygen atoms in total. The van der Waals surface area contributed by atoms with Crippen molar-refractivity contribution in [1.82, 2.24) is 14.9 Å². The molecule has 3 saturated heterocycles. The maximum absolute atomic E-state index is 13.1. The molecular formula is C16H20N4O3. The summed E-state index contributed by atoms with van der Waals surface area (Å²) >= 11 is 0. The number of nitrogens with zero attached hydrogens (tertiary/aromatic N) is 4. The fourth-order valence-corrected chi connectivity index (χ4v) is 4.47. The number of carbonyl (C=O) groups is 2. The summed E-state index contributed by atoms with van der Waals surface area (Å²) < 4.78 is 0. The molecule has 0 aliphatic carbocycles. The van der Waals surface area contributed by atoms with Crippen LogP contribution in [0.25, 0.3) is 0 Å². The van der Waals surface area contributed by atoms with E-state index in [4.69, 9.17) is 0 Å². The van der Waals surface area contributed by atoms with Gasteiger partial charge in [-0.2, -0.15) is 0 Å². The first-order valence-corrected chi connectivity index (χ1v) is 8.25. The summed E-state index contributed by atoms with van der Waals surface area (Å²) in [5.74, 6) is -0.527. The first kappa shape index (κ1) is 14.4. The smallest absolute Gasteiger partial charge is 0.308 e. The quantitative estimate of drug-likeness (QED) is 0.892. The second-order valence-electron chi connectivity index (χ2n) is 6.62. The van der Waals surface area contributed by atoms with Crippen molar-refractivity contribution in [3.05, 3.63) is 18.5 Å². The molecule has 0 aromatic carbocycles. The van der Waals surface area contributed by atoms with Crippen molar-refractivity contribution in [2.45, 2.75) is 50.2 Å². The van der Waals surface area contributed by atoms with Crippen molar-refractivity contribution >= 4 is 17.8 Å². The van der Waals surface area contributed by atoms with Crippen LogP contribution < -0.4 is 4.90 Å². The highest BCUT2D eigenvalue weighted by Crippen LogP contribution is 2.43. The van der Waals surface area contributed by atoms with Gasteiger partial charge in [-0.3, -0.25) is 9.59 Å². The molecule has 1 unspecified atom stereocenters. The topological polar surface area (TPSA) is 86.6 Å². The molecule has 1 aromatic rings. The van der Waals surface area contributed by atoms with Crippen LogP contribution in [0.1, 0.15) is 32.1 Å². The number of anilines is 1. The zero-order valence-electron chi connectivity index (χ0n) is 12.8. The molecule has 4 atom stereocenters. The van der Waals surface area contributed by atoms with Crippen LogP contribution in [0.2, 0.25) is 0 Å². The summed E-state index contributed by atoms with van der Waals surface area (Å²) in [4.78, 5) is 36.9. The lowest BCUT2D eigenvalue weighted by Crippen LogP contribution is -2.49. The van der Waals surface area contributed by atoms with Gasteiger partial charge in [-0.25, -0.2) is 9.97 Å². The van der Waals surface area contributed by atoms with Crippen LogP contribution in [0.4, 0.5) is 5.95 Å². The Balaban J connectivity index is 1.56. The van der Waals surface area contributed by atoms with Gasteiger partial charge in [0.05, 0.1) is 5.92 Å². The van der Waals surface area contributed by atoms with Gasteiger partial charge >= 0.3 is 5.97 Å². The van der Waals surface area contributed by atoms with Crippen LogP contribution in [0.3, 0.4) is 0 Å². The minimum absolute atomic E-state index is 0.0613. The number of carbonyl (C=O) groups excluding carboxylic acids is 1. The third kappa shape index (κ3) is 2.26. The normalized spacial score (nSPS) is 32.5. The second kappa shape index (κ2) is 5.47. The van der Waals surface area contributed by atoms with Gasteiger partial charge in [0.2, 0.25) is 11.9 Å². The summed E-state index contributed by atoms with van der Waals surface area (Å²) in [5, 5.41) is 9.36. The van der Waals surface area contributed by atoms with E-state index in [2.05, 4.69) is 9.97 Å². The Hall–Kier alpha value is -2.18. The molecule has 1 N–H and O–H groups in total. The van der Waals surface area contributed by atoms with Gasteiger partial charge in [-0.05, 0) is 38.2 Å². The molecule has 1 amide bonds. The lowest BCUT2D eigenvalue weighted by atomic mass is 9.89. The highest BCUT2D eigenvalue weighted by Gasteiger charge is 2.53. The summed E-state index contributed by atoms with van der Waals surface area (Å²) in [7, 11) is 0. The fraction of sp³-hybridized carbons (Fsp3) is 0.625. The third-order valence-corrected chi connectivity index (χ3v) is 5.46. The van der Waals surface area contributed by atoms with Crippen molar-refractivity contribution in [2.75, 3.05) is 11.4 Å². The number of hydrogen-bond acceptors (Lipinski definition) is 5. The molecule has 23 heavy (non-hydrogen) atoms. The average Bonchev–Trinajstić information content (AvgIpc) is 3.29. The summed E-state index contributed by atoms with van der Waals surface area (Å²) in [6, 6.07) is 1.46. The van der Waals surface area contributed by atoms with E-state index in [1.807, 2.05) is 9.80 Å². The van der Waals surface area contributed by atoms with Crippen molar-refractivity contribution in [3.8, 4) is 0 Å². The molecule has 4 heterocycles. The van der Waals surface area contributed by atoms with Gasteiger partial charge in [0.15, 0.2) is 0 Å². The maximum Gasteiger partial charge on any atom is 0.308 e. The van der Waals surface area contributed by atoms with Gasteiger partial charge in [0, 0.05) is 31.0 Å². The molecule has 3 fully saturated rings. The lowest BCUT2D eigenvalue weighted by Gasteiger charge is -2.30. The van der Waals surface area contributed by atoms with Crippen LogP contribution in [-0.2, 0) is 9.59 Å². The Bertz CT molecular complexity index is 623. The van der Waals surface area contributed by atoms with Gasteiger partial charge < -0.3 is 14.9 Å². The Kier molecular flexibility index (Phi) is 3.43. The molecule has 0 saturated carbocycles. The van der Waals surface area contributed by atoms with E-state index in [9.17, 15) is 14.7 Å². The van der Waals surface area contributed by atoms with Gasteiger partial charge in [-0.15, -0.1) is 0 Å². The van der Waals surface area contributed by atoms with Gasteiger partial charge in [-0.1, -0.05) is 0 Å². The van der Waals surface area contributed by atoms with E-state index in [1.54, 1.807) is 18.5 Å². The largest absolute Gasteiger partial charge is 0.481 e. The first-order chi connectivity index (χ1) is 11.2. The highest BCUT2D eigenvalue weighted by atomic mass is 16.4. The van der Waals surface area contributed by atoms with E-state index in [0.717, 1.165) is 32.2 Å². The summed E-state index contributed by atoms with van der Waals surface area (Å²) in [5.41, 5.74) is 0. The second-order valence-corrected chi connectivity index (χ2v) is 6.62. The van der Waals surface area contributed by atoms with E-state index in [-0.39, 0.29) is 24.0 Å². The Morgan fingerprint density at radius 2 is 1.96 bits per heavy atom. The molecule has 0 spiro atoms. The van der Waals surface area contributed by atoms with E-state index in [0.29, 0.717) is 12.4 Å². The number of aromatic nitrogens is 2. The molecule has 3 aliphatic rings. The molecule has 4 rings (SSSR count). The van der Waals surface area contributed by atoms with E-state index >= 15 is 0 Å². The van der Waals surface area contributed by atoms with Crippen LogP contribution in [-0.4, -0.2) is 56.5 Å². The van der Waals surface area contributed by atoms with Crippen LogP contribution in [0.5, 0.6) is 0 Å². The van der Waals surface area contributed by atoms with Gasteiger partial charge in [0.1, 0.15) is 6.04 Å². The predicted molar refractivity (Wildman–Crippen MR) is 81.8 cm³/mol. The molecule has 0 radical (unpaired) electrons. The predicted octanol–water partition coefficient (Wildman–Crippen LogP) is 0.909. The van der Waals surface area contributed by atoms with Crippen molar-refractivity contribution in [2.24, 2.45) is 5.92 Å². The molecule has 1 aromatic heterocycles. The molecular weight excluding hydrogens is 296 g/mol. The zero-order valence-corrected chi connectivity index (χ0v) is 12.8. The van der Waals surface area contributed by atoms with Crippen LogP contribution in [0.15, 0.2) is 18.5 Å². The Morgan fingerprint density at radius 1 is 1.17 bits per heavy atom. The average molecular weight is 316 g/mol. The minimum atomic E-state index is -0.773. The zero-order chi connectivity index (χ0) is 16.0. The standard InChI is InChI=1S/C16H20N4O3/c21-14(20-10-4-5-12(20)11(9-10)15(22)23)13-3-1-8-19(13)16-17-6-2-7-18-16/h2,6-7,10-13H,1,3-5,8-9H2,(H,22,23)/t10-,11-,12+,13?/m1/s1. The maximum atomic E-state index is 13.1. The summed E-state index contributed by atoms with van der Waals surface area (Å²) in [6.07, 6.45) is 7.41. The first-order valence-electron chi connectivity index (χ1n) is 8.25. The molecule has 2 bridgehead atoms. The van der Waals surface area contributed by atoms with Crippen LogP contribution in [0, 0.1) is 5.92 Å². The van der Waals surface area contributed by atoms with E-state index in [1.165, 1.54) is 0 Å². The lowest BCUT2D eigenvalue weighted by molar-refractivity contribution is -0.143. The Morgan fingerprint density at radius 3 is 2.65 bits per heavy atom. The number of carboxylic acids is 1. The number of amides is 1. The van der Waals surface area contributed by atoms with Gasteiger partial charge in [0.25, 0.3) is 0 Å². The SMILES string of the molecule is O=C(O)[C@@H]1C[C@H]2CC[C@@H]1N2C(=O)C1CCCN1c1ncccn1. The summed E-state index contributed by atoms with van der Waals surface area (Å²) in [6.45, 7) is 0.770. The Labute approximate surface area is 134 Å². The molecule has 3 aliphatic heterocycles. The number of rotatable bonds is 3. The monoisotopic (exact) mass is 316 g/mol. The molecule has 122 valence electrons. The van der Waals surface area contributed by atoms with Crippen molar-refractivity contribution < 1.29 is 14.7 Å². The highest BCUT2D eigenvalue weighted by molar-refractivity contribution is 5.87.